The van der Waals surface area contributed by atoms with Crippen LogP contribution in [0.15, 0.2) is 36.7 Å². The Morgan fingerprint density at radius 3 is 2.81 bits per heavy atom. The molecule has 0 saturated heterocycles. The number of halogens is 1. The highest BCUT2D eigenvalue weighted by Crippen LogP contribution is 2.38. The van der Waals surface area contributed by atoms with Crippen LogP contribution in [0.4, 0.5) is 5.69 Å². The predicted molar refractivity (Wildman–Crippen MR) is 79.0 cm³/mol. The quantitative estimate of drug-likeness (QED) is 0.947. The van der Waals surface area contributed by atoms with Crippen LogP contribution in [0.25, 0.3) is 0 Å². The van der Waals surface area contributed by atoms with Gasteiger partial charge in [-0.05, 0) is 29.8 Å². The molecule has 6 heteroatoms. The molecule has 108 valence electrons. The lowest BCUT2D eigenvalue weighted by Gasteiger charge is -2.20. The van der Waals surface area contributed by atoms with Crippen LogP contribution >= 0.6 is 11.6 Å². The summed E-state index contributed by atoms with van der Waals surface area (Å²) in [5.74, 6) is 0.996. The van der Waals surface area contributed by atoms with E-state index in [1.807, 2.05) is 0 Å². The number of benzene rings is 1. The number of hydrogen-bond acceptors (Lipinski definition) is 4. The van der Waals surface area contributed by atoms with Gasteiger partial charge in [0.25, 0.3) is 0 Å². The number of fused-ring (bicyclic) bond motifs is 1. The number of nitrogens with one attached hydrogen (secondary N) is 1. The number of carbonyl (C=O) groups excluding carboxylic acids is 1. The van der Waals surface area contributed by atoms with Crippen LogP contribution in [0.1, 0.15) is 5.56 Å². The highest BCUT2D eigenvalue weighted by molar-refractivity contribution is 6.32. The minimum atomic E-state index is -0.131. The number of carbonyl (C=O) groups is 1. The van der Waals surface area contributed by atoms with Gasteiger partial charge in [-0.15, -0.1) is 0 Å². The Labute approximate surface area is 126 Å². The summed E-state index contributed by atoms with van der Waals surface area (Å²) < 4.78 is 10.9. The standard InChI is InChI=1S/C15H13ClN2O3/c16-12-7-10(8-13-15(12)21-6-5-20-13)9-14(19)18-11-1-3-17-4-2-11/h1-4,7-8H,5-6,9H2,(H,17,18,19). The van der Waals surface area contributed by atoms with Gasteiger partial charge in [0.15, 0.2) is 11.5 Å². The second-order valence-electron chi connectivity index (χ2n) is 4.56. The number of aromatic nitrogens is 1. The number of anilines is 1. The number of nitrogens with zero attached hydrogens (tertiary/aromatic N) is 1. The Hall–Kier alpha value is -2.27. The van der Waals surface area contributed by atoms with Gasteiger partial charge in [0.2, 0.25) is 5.91 Å². The molecule has 0 radical (unpaired) electrons. The summed E-state index contributed by atoms with van der Waals surface area (Å²) in [6, 6.07) is 6.97. The second kappa shape index (κ2) is 6.01. The molecule has 0 aliphatic carbocycles. The van der Waals surface area contributed by atoms with Gasteiger partial charge in [-0.3, -0.25) is 9.78 Å². The zero-order valence-corrected chi connectivity index (χ0v) is 11.9. The van der Waals surface area contributed by atoms with Crippen molar-refractivity contribution in [1.82, 2.24) is 4.98 Å². The Morgan fingerprint density at radius 2 is 2.00 bits per heavy atom. The van der Waals surface area contributed by atoms with E-state index in [2.05, 4.69) is 10.3 Å². The van der Waals surface area contributed by atoms with E-state index < -0.39 is 0 Å². The summed E-state index contributed by atoms with van der Waals surface area (Å²) in [5, 5.41) is 3.25. The van der Waals surface area contributed by atoms with Crippen molar-refractivity contribution in [3.63, 3.8) is 0 Å². The molecule has 0 saturated carbocycles. The van der Waals surface area contributed by atoms with Crippen molar-refractivity contribution in [2.75, 3.05) is 18.5 Å². The zero-order chi connectivity index (χ0) is 14.7. The molecule has 2 aromatic rings. The Kier molecular flexibility index (Phi) is 3.92. The lowest BCUT2D eigenvalue weighted by molar-refractivity contribution is -0.115. The van der Waals surface area contributed by atoms with E-state index in [1.165, 1.54) is 0 Å². The fraction of sp³-hybridized carbons (Fsp3) is 0.200. The number of pyridine rings is 1. The molecule has 1 aliphatic heterocycles. The van der Waals surface area contributed by atoms with E-state index in [4.69, 9.17) is 21.1 Å². The molecular weight excluding hydrogens is 292 g/mol. The lowest BCUT2D eigenvalue weighted by atomic mass is 10.1. The van der Waals surface area contributed by atoms with Gasteiger partial charge in [-0.2, -0.15) is 0 Å². The Morgan fingerprint density at radius 1 is 1.24 bits per heavy atom. The maximum absolute atomic E-state index is 12.0. The van der Waals surface area contributed by atoms with Crippen LogP contribution in [0.3, 0.4) is 0 Å². The maximum atomic E-state index is 12.0. The first-order valence-electron chi connectivity index (χ1n) is 6.50. The summed E-state index contributed by atoms with van der Waals surface area (Å²) >= 11 is 6.15. The van der Waals surface area contributed by atoms with Gasteiger partial charge in [0.1, 0.15) is 13.2 Å². The largest absolute Gasteiger partial charge is 0.486 e. The van der Waals surface area contributed by atoms with Crippen molar-refractivity contribution in [1.29, 1.82) is 0 Å². The van der Waals surface area contributed by atoms with Gasteiger partial charge in [0.05, 0.1) is 11.4 Å². The van der Waals surface area contributed by atoms with Gasteiger partial charge in [-0.1, -0.05) is 11.6 Å². The van der Waals surface area contributed by atoms with Crippen molar-refractivity contribution < 1.29 is 14.3 Å². The Balaban J connectivity index is 1.73. The molecule has 3 rings (SSSR count). The van der Waals surface area contributed by atoms with Crippen LogP contribution in [0.5, 0.6) is 11.5 Å². The maximum Gasteiger partial charge on any atom is 0.228 e. The summed E-state index contributed by atoms with van der Waals surface area (Å²) in [7, 11) is 0. The molecule has 0 spiro atoms. The summed E-state index contributed by atoms with van der Waals surface area (Å²) in [6.45, 7) is 0.963. The third-order valence-electron chi connectivity index (χ3n) is 2.99. The molecule has 0 unspecified atom stereocenters. The fourth-order valence-electron chi connectivity index (χ4n) is 2.09. The highest BCUT2D eigenvalue weighted by atomic mass is 35.5. The molecule has 1 N–H and O–H groups in total. The third kappa shape index (κ3) is 3.25. The summed E-state index contributed by atoms with van der Waals surface area (Å²) in [6.07, 6.45) is 3.45. The van der Waals surface area contributed by atoms with Gasteiger partial charge in [0, 0.05) is 18.1 Å². The Bertz CT molecular complexity index is 661. The van der Waals surface area contributed by atoms with Crippen LogP contribution < -0.4 is 14.8 Å². The number of hydrogen-bond donors (Lipinski definition) is 1. The average Bonchev–Trinajstić information content (AvgIpc) is 2.48. The topological polar surface area (TPSA) is 60.5 Å². The number of amides is 1. The molecule has 2 heterocycles. The van der Waals surface area contributed by atoms with Crippen molar-refractivity contribution in [3.8, 4) is 11.5 Å². The molecule has 0 fully saturated rings. The number of ether oxygens (including phenoxy) is 2. The van der Waals surface area contributed by atoms with Gasteiger partial charge >= 0.3 is 0 Å². The first kappa shape index (κ1) is 13.7. The van der Waals surface area contributed by atoms with E-state index in [0.29, 0.717) is 35.4 Å². The zero-order valence-electron chi connectivity index (χ0n) is 11.1. The lowest BCUT2D eigenvalue weighted by Crippen LogP contribution is -2.17. The van der Waals surface area contributed by atoms with Gasteiger partial charge < -0.3 is 14.8 Å². The van der Waals surface area contributed by atoms with Crippen LogP contribution in [-0.4, -0.2) is 24.1 Å². The van der Waals surface area contributed by atoms with Crippen molar-refractivity contribution >= 4 is 23.2 Å². The molecule has 21 heavy (non-hydrogen) atoms. The smallest absolute Gasteiger partial charge is 0.228 e. The molecule has 5 nitrogen and oxygen atoms in total. The third-order valence-corrected chi connectivity index (χ3v) is 3.27. The molecule has 1 aliphatic rings. The summed E-state index contributed by atoms with van der Waals surface area (Å²) in [5.41, 5.74) is 1.48. The molecule has 0 bridgehead atoms. The molecular formula is C15H13ClN2O3. The monoisotopic (exact) mass is 304 g/mol. The summed E-state index contributed by atoms with van der Waals surface area (Å²) in [4.78, 5) is 15.9. The fourth-order valence-corrected chi connectivity index (χ4v) is 2.38. The van der Waals surface area contributed by atoms with E-state index in [-0.39, 0.29) is 12.3 Å². The van der Waals surface area contributed by atoms with Crippen LogP contribution in [0, 0.1) is 0 Å². The molecule has 1 amide bonds. The second-order valence-corrected chi connectivity index (χ2v) is 4.97. The first-order chi connectivity index (χ1) is 10.2. The van der Waals surface area contributed by atoms with E-state index in [0.717, 1.165) is 5.56 Å². The van der Waals surface area contributed by atoms with Crippen LogP contribution in [-0.2, 0) is 11.2 Å². The van der Waals surface area contributed by atoms with Crippen molar-refractivity contribution in [2.45, 2.75) is 6.42 Å². The first-order valence-corrected chi connectivity index (χ1v) is 6.88. The minimum Gasteiger partial charge on any atom is -0.486 e. The number of rotatable bonds is 3. The minimum absolute atomic E-state index is 0.131. The predicted octanol–water partition coefficient (Wildman–Crippen LogP) is 2.69. The average molecular weight is 305 g/mol. The molecule has 1 aromatic carbocycles. The van der Waals surface area contributed by atoms with E-state index >= 15 is 0 Å². The highest BCUT2D eigenvalue weighted by Gasteiger charge is 2.17. The van der Waals surface area contributed by atoms with Gasteiger partial charge in [-0.25, -0.2) is 0 Å². The molecule has 1 aromatic heterocycles. The normalized spacial score (nSPS) is 12.8. The van der Waals surface area contributed by atoms with Crippen molar-refractivity contribution in [3.05, 3.63) is 47.2 Å². The van der Waals surface area contributed by atoms with Crippen molar-refractivity contribution in [2.24, 2.45) is 0 Å². The molecule has 0 atom stereocenters. The SMILES string of the molecule is O=C(Cc1cc(Cl)c2c(c1)OCCO2)Nc1ccncc1. The van der Waals surface area contributed by atoms with Crippen LogP contribution in [0.2, 0.25) is 5.02 Å². The van der Waals surface area contributed by atoms with E-state index in [1.54, 1.807) is 36.7 Å². The van der Waals surface area contributed by atoms with E-state index in [9.17, 15) is 4.79 Å².